The average Bonchev–Trinajstić information content (AvgIpc) is 3.26. The van der Waals surface area contributed by atoms with Gasteiger partial charge in [-0.1, -0.05) is 38.0 Å². The fourth-order valence-corrected chi connectivity index (χ4v) is 6.41. The monoisotopic (exact) mass is 514 g/mol. The van der Waals surface area contributed by atoms with Crippen molar-refractivity contribution >= 4 is 33.7 Å². The molecule has 1 aliphatic rings. The van der Waals surface area contributed by atoms with Crippen molar-refractivity contribution in [2.24, 2.45) is 5.92 Å². The first-order chi connectivity index (χ1) is 16.7. The van der Waals surface area contributed by atoms with E-state index in [1.165, 1.54) is 33.5 Å². The third-order valence-corrected chi connectivity index (χ3v) is 8.61. The molecule has 1 saturated heterocycles. The highest BCUT2D eigenvalue weighted by Gasteiger charge is 2.28. The van der Waals surface area contributed by atoms with Crippen LogP contribution in [0.3, 0.4) is 0 Å². The molecular formula is C25H30N4O4S2. The normalized spacial score (nSPS) is 17.0. The molecule has 1 unspecified atom stereocenters. The van der Waals surface area contributed by atoms with Gasteiger partial charge in [-0.05, 0) is 60.7 Å². The number of carbonyl (C=O) groups is 1. The van der Waals surface area contributed by atoms with Crippen molar-refractivity contribution in [2.75, 3.05) is 18.4 Å². The second kappa shape index (κ2) is 10.9. The number of thioether (sulfide) groups is 1. The maximum Gasteiger partial charge on any atom is 0.322 e. The molecule has 0 bridgehead atoms. The van der Waals surface area contributed by atoms with Gasteiger partial charge < -0.3 is 4.42 Å². The molecule has 3 aromatic rings. The van der Waals surface area contributed by atoms with E-state index in [2.05, 4.69) is 48.4 Å². The van der Waals surface area contributed by atoms with E-state index >= 15 is 0 Å². The molecule has 186 valence electrons. The van der Waals surface area contributed by atoms with Gasteiger partial charge in [-0.25, -0.2) is 8.42 Å². The summed E-state index contributed by atoms with van der Waals surface area (Å²) in [6.07, 6.45) is 2.35. The van der Waals surface area contributed by atoms with Crippen LogP contribution in [0, 0.1) is 5.92 Å². The van der Waals surface area contributed by atoms with Crippen molar-refractivity contribution in [2.45, 2.75) is 55.1 Å². The van der Waals surface area contributed by atoms with Gasteiger partial charge in [0.05, 0.1) is 11.3 Å². The maximum absolute atomic E-state index is 12.9. The molecule has 1 amide bonds. The van der Waals surface area contributed by atoms with Crippen LogP contribution in [0.4, 0.5) is 6.01 Å². The first-order valence-electron chi connectivity index (χ1n) is 11.7. The second-order valence-electron chi connectivity index (χ2n) is 9.08. The number of rotatable bonds is 8. The standard InChI is InChI=1S/C25H30N4O4S2/c1-17(2)34-21-10-6-19(7-11-21)15-23-27-28-25(33-23)26-24(30)20-8-12-22(13-9-20)35(31,32)29-14-4-5-18(3)16-29/h6-13,17-18H,4-5,14-16H2,1-3H3,(H,26,28,30). The molecule has 1 fully saturated rings. The molecule has 35 heavy (non-hydrogen) atoms. The number of anilines is 1. The van der Waals surface area contributed by atoms with Gasteiger partial charge >= 0.3 is 6.01 Å². The topological polar surface area (TPSA) is 105 Å². The van der Waals surface area contributed by atoms with E-state index in [-0.39, 0.29) is 10.9 Å². The van der Waals surface area contributed by atoms with Gasteiger partial charge in [-0.3, -0.25) is 10.1 Å². The van der Waals surface area contributed by atoms with Crippen molar-refractivity contribution in [3.05, 3.63) is 65.5 Å². The van der Waals surface area contributed by atoms with Gasteiger partial charge in [0, 0.05) is 28.8 Å². The highest BCUT2D eigenvalue weighted by Crippen LogP contribution is 2.25. The minimum Gasteiger partial charge on any atom is -0.407 e. The summed E-state index contributed by atoms with van der Waals surface area (Å²) in [5, 5.41) is 11.0. The molecule has 1 aromatic heterocycles. The van der Waals surface area contributed by atoms with Crippen LogP contribution in [0.2, 0.25) is 0 Å². The Morgan fingerprint density at radius 2 is 1.86 bits per heavy atom. The molecule has 2 heterocycles. The predicted molar refractivity (Wildman–Crippen MR) is 136 cm³/mol. The molecule has 0 saturated carbocycles. The van der Waals surface area contributed by atoms with Crippen molar-refractivity contribution in [1.82, 2.24) is 14.5 Å². The second-order valence-corrected chi connectivity index (χ2v) is 12.7. The number of hydrogen-bond acceptors (Lipinski definition) is 7. The summed E-state index contributed by atoms with van der Waals surface area (Å²) in [5.74, 6) is 0.277. The van der Waals surface area contributed by atoms with Gasteiger partial charge in [0.15, 0.2) is 0 Å². The lowest BCUT2D eigenvalue weighted by Gasteiger charge is -2.30. The molecule has 0 radical (unpaired) electrons. The summed E-state index contributed by atoms with van der Waals surface area (Å²) in [6, 6.07) is 14.1. The van der Waals surface area contributed by atoms with Crippen LogP contribution in [0.5, 0.6) is 0 Å². The Kier molecular flexibility index (Phi) is 7.93. The van der Waals surface area contributed by atoms with Crippen molar-refractivity contribution in [3.8, 4) is 0 Å². The molecule has 0 aliphatic carbocycles. The summed E-state index contributed by atoms with van der Waals surface area (Å²) in [6.45, 7) is 7.40. The van der Waals surface area contributed by atoms with Gasteiger partial charge in [0.1, 0.15) is 0 Å². The molecule has 1 aliphatic heterocycles. The number of aromatic nitrogens is 2. The Hall–Kier alpha value is -2.69. The number of nitrogens with zero attached hydrogens (tertiary/aromatic N) is 3. The number of carbonyl (C=O) groups excluding carboxylic acids is 1. The SMILES string of the molecule is CC1CCCN(S(=O)(=O)c2ccc(C(=O)Nc3nnc(Cc4ccc(SC(C)C)cc4)o3)cc2)C1. The zero-order valence-corrected chi connectivity index (χ0v) is 21.7. The van der Waals surface area contributed by atoms with E-state index in [4.69, 9.17) is 4.42 Å². The van der Waals surface area contributed by atoms with Crippen LogP contribution in [-0.2, 0) is 16.4 Å². The Labute approximate surface area is 210 Å². The van der Waals surface area contributed by atoms with Gasteiger partial charge in [0.25, 0.3) is 5.91 Å². The summed E-state index contributed by atoms with van der Waals surface area (Å²) >= 11 is 1.80. The average molecular weight is 515 g/mol. The van der Waals surface area contributed by atoms with Crippen molar-refractivity contribution < 1.29 is 17.6 Å². The third-order valence-electron chi connectivity index (χ3n) is 5.71. The molecule has 10 heteroatoms. The van der Waals surface area contributed by atoms with E-state index in [9.17, 15) is 13.2 Å². The maximum atomic E-state index is 12.9. The van der Waals surface area contributed by atoms with Crippen LogP contribution >= 0.6 is 11.8 Å². The van der Waals surface area contributed by atoms with E-state index in [0.29, 0.717) is 42.1 Å². The minimum absolute atomic E-state index is 0.00372. The van der Waals surface area contributed by atoms with E-state index in [1.807, 2.05) is 12.1 Å². The fraction of sp³-hybridized carbons (Fsp3) is 0.400. The van der Waals surface area contributed by atoms with Gasteiger partial charge in [0.2, 0.25) is 15.9 Å². The zero-order valence-electron chi connectivity index (χ0n) is 20.1. The molecule has 1 N–H and O–H groups in total. The Morgan fingerprint density at radius 3 is 2.51 bits per heavy atom. The highest BCUT2D eigenvalue weighted by atomic mass is 32.2. The Balaban J connectivity index is 1.36. The quantitative estimate of drug-likeness (QED) is 0.429. The van der Waals surface area contributed by atoms with E-state index in [1.54, 1.807) is 11.8 Å². The fourth-order valence-electron chi connectivity index (χ4n) is 3.97. The molecule has 2 aromatic carbocycles. The summed E-state index contributed by atoms with van der Waals surface area (Å²) in [7, 11) is -3.57. The van der Waals surface area contributed by atoms with Crippen molar-refractivity contribution in [1.29, 1.82) is 0 Å². The number of nitrogens with one attached hydrogen (secondary N) is 1. The Bertz CT molecular complexity index is 1260. The van der Waals surface area contributed by atoms with Gasteiger partial charge in [-0.15, -0.1) is 16.9 Å². The number of sulfonamides is 1. The van der Waals surface area contributed by atoms with E-state index < -0.39 is 15.9 Å². The third kappa shape index (κ3) is 6.50. The molecule has 4 rings (SSSR count). The smallest absolute Gasteiger partial charge is 0.322 e. The highest BCUT2D eigenvalue weighted by molar-refractivity contribution is 7.99. The van der Waals surface area contributed by atoms with Crippen LogP contribution < -0.4 is 5.32 Å². The first-order valence-corrected chi connectivity index (χ1v) is 14.0. The number of piperidine rings is 1. The summed E-state index contributed by atoms with van der Waals surface area (Å²) < 4.78 is 32.9. The Morgan fingerprint density at radius 1 is 1.14 bits per heavy atom. The molecular weight excluding hydrogens is 484 g/mol. The summed E-state index contributed by atoms with van der Waals surface area (Å²) in [4.78, 5) is 14.0. The largest absolute Gasteiger partial charge is 0.407 e. The van der Waals surface area contributed by atoms with Crippen molar-refractivity contribution in [3.63, 3.8) is 0 Å². The minimum atomic E-state index is -3.57. The lowest BCUT2D eigenvalue weighted by Crippen LogP contribution is -2.39. The van der Waals surface area contributed by atoms with Crippen LogP contribution in [0.25, 0.3) is 0 Å². The number of amides is 1. The van der Waals surface area contributed by atoms with Crippen LogP contribution in [0.15, 0.2) is 62.7 Å². The molecule has 8 nitrogen and oxygen atoms in total. The number of benzene rings is 2. The zero-order chi connectivity index (χ0) is 25.0. The summed E-state index contributed by atoms with van der Waals surface area (Å²) in [5.41, 5.74) is 1.33. The van der Waals surface area contributed by atoms with Gasteiger partial charge in [-0.2, -0.15) is 4.31 Å². The molecule has 0 spiro atoms. The first kappa shape index (κ1) is 25.4. The predicted octanol–water partition coefficient (Wildman–Crippen LogP) is 4.83. The lowest BCUT2D eigenvalue weighted by molar-refractivity contribution is 0.102. The van der Waals surface area contributed by atoms with Crippen LogP contribution in [0.1, 0.15) is 55.4 Å². The molecule has 1 atom stereocenters. The van der Waals surface area contributed by atoms with E-state index in [0.717, 1.165) is 18.4 Å². The lowest BCUT2D eigenvalue weighted by atomic mass is 10.0. The van der Waals surface area contributed by atoms with Crippen LogP contribution in [-0.4, -0.2) is 47.2 Å². The number of hydrogen-bond donors (Lipinski definition) is 1.